The Morgan fingerprint density at radius 1 is 1.23 bits per heavy atom. The number of hydrogen-bond donors (Lipinski definition) is 2. The average molecular weight is 318 g/mol. The van der Waals surface area contributed by atoms with Crippen LogP contribution in [0.15, 0.2) is 35.5 Å². The topological polar surface area (TPSA) is 87.7 Å². The predicted octanol–water partition coefficient (Wildman–Crippen LogP) is 2.91. The first-order chi connectivity index (χ1) is 10.7. The van der Waals surface area contributed by atoms with Crippen LogP contribution in [0.3, 0.4) is 0 Å². The Morgan fingerprint density at radius 3 is 2.73 bits per heavy atom. The van der Waals surface area contributed by atoms with Gasteiger partial charge in [0.25, 0.3) is 0 Å². The number of aromatic amines is 1. The molecule has 116 valence electrons. The van der Waals surface area contributed by atoms with Crippen molar-refractivity contribution in [3.8, 4) is 0 Å². The Morgan fingerprint density at radius 2 is 2.00 bits per heavy atom. The molecule has 7 heteroatoms. The molecule has 0 aliphatic heterocycles. The highest BCUT2D eigenvalue weighted by molar-refractivity contribution is 7.99. The van der Waals surface area contributed by atoms with Gasteiger partial charge in [0.2, 0.25) is 17.0 Å². The van der Waals surface area contributed by atoms with Gasteiger partial charge in [0.15, 0.2) is 5.78 Å². The van der Waals surface area contributed by atoms with E-state index in [4.69, 9.17) is 0 Å². The molecule has 2 aromatic rings. The van der Waals surface area contributed by atoms with E-state index < -0.39 is 0 Å². The maximum atomic E-state index is 11.9. The third-order valence-electron chi connectivity index (χ3n) is 2.90. The lowest BCUT2D eigenvalue weighted by molar-refractivity contribution is -0.116. The van der Waals surface area contributed by atoms with Crippen LogP contribution in [-0.4, -0.2) is 32.6 Å². The molecule has 0 saturated heterocycles. The summed E-state index contributed by atoms with van der Waals surface area (Å²) in [6, 6.07) is 9.09. The van der Waals surface area contributed by atoms with Crippen LogP contribution in [0.4, 0.5) is 5.95 Å². The van der Waals surface area contributed by atoms with Gasteiger partial charge < -0.3 is 0 Å². The van der Waals surface area contributed by atoms with Crippen molar-refractivity contribution >= 4 is 29.4 Å². The molecule has 0 bridgehead atoms. The summed E-state index contributed by atoms with van der Waals surface area (Å²) in [5.74, 6) is 1.09. The van der Waals surface area contributed by atoms with E-state index >= 15 is 0 Å². The molecule has 6 nitrogen and oxygen atoms in total. The van der Waals surface area contributed by atoms with Crippen LogP contribution < -0.4 is 5.32 Å². The Bertz CT molecular complexity index is 627. The minimum absolute atomic E-state index is 0.0506. The smallest absolute Gasteiger partial charge is 0.226 e. The zero-order valence-corrected chi connectivity index (χ0v) is 13.2. The number of carbonyl (C=O) groups excluding carboxylic acids is 2. The van der Waals surface area contributed by atoms with Crippen LogP contribution in [0.25, 0.3) is 0 Å². The summed E-state index contributed by atoms with van der Waals surface area (Å²) in [4.78, 5) is 27.8. The van der Waals surface area contributed by atoms with E-state index in [0.717, 1.165) is 5.75 Å². The molecule has 0 spiro atoms. The lowest BCUT2D eigenvalue weighted by Gasteiger charge is -2.02. The molecule has 0 radical (unpaired) electrons. The Kier molecular flexibility index (Phi) is 6.14. The molecular weight excluding hydrogens is 300 g/mol. The van der Waals surface area contributed by atoms with Gasteiger partial charge in [0.1, 0.15) is 0 Å². The van der Waals surface area contributed by atoms with Crippen molar-refractivity contribution in [3.63, 3.8) is 0 Å². The number of benzene rings is 1. The summed E-state index contributed by atoms with van der Waals surface area (Å²) < 4.78 is 0. The number of nitrogens with one attached hydrogen (secondary N) is 2. The number of nitrogens with zero attached hydrogens (tertiary/aromatic N) is 2. The monoisotopic (exact) mass is 318 g/mol. The maximum absolute atomic E-state index is 11.9. The molecule has 1 heterocycles. The normalized spacial score (nSPS) is 10.4. The maximum Gasteiger partial charge on any atom is 0.226 e. The molecule has 0 unspecified atom stereocenters. The summed E-state index contributed by atoms with van der Waals surface area (Å²) in [6.45, 7) is 2.00. The van der Waals surface area contributed by atoms with Gasteiger partial charge in [-0.05, 0) is 12.2 Å². The Labute approximate surface area is 133 Å². The molecule has 1 aromatic heterocycles. The number of anilines is 1. The van der Waals surface area contributed by atoms with Crippen LogP contribution in [0.5, 0.6) is 0 Å². The second kappa shape index (κ2) is 8.33. The number of amides is 1. The fourth-order valence-corrected chi connectivity index (χ4v) is 2.39. The summed E-state index contributed by atoms with van der Waals surface area (Å²) >= 11 is 1.49. The fraction of sp³-hybridized carbons (Fsp3) is 0.333. The second-order valence-corrected chi connectivity index (χ2v) is 5.82. The largest absolute Gasteiger partial charge is 0.295 e. The highest BCUT2D eigenvalue weighted by Crippen LogP contribution is 2.13. The van der Waals surface area contributed by atoms with Gasteiger partial charge in [0, 0.05) is 18.4 Å². The number of hydrogen-bond acceptors (Lipinski definition) is 5. The number of H-pyrrole nitrogens is 1. The minimum atomic E-state index is -0.176. The van der Waals surface area contributed by atoms with Crippen LogP contribution in [0.1, 0.15) is 36.5 Å². The highest BCUT2D eigenvalue weighted by atomic mass is 32.2. The molecule has 0 aliphatic carbocycles. The summed E-state index contributed by atoms with van der Waals surface area (Å²) in [5.41, 5.74) is 0.680. The highest BCUT2D eigenvalue weighted by Gasteiger charge is 2.09. The van der Waals surface area contributed by atoms with Gasteiger partial charge in [-0.15, -0.1) is 5.10 Å². The van der Waals surface area contributed by atoms with E-state index in [-0.39, 0.29) is 18.1 Å². The molecule has 22 heavy (non-hydrogen) atoms. The van der Waals surface area contributed by atoms with Crippen molar-refractivity contribution in [2.75, 3.05) is 11.1 Å². The van der Waals surface area contributed by atoms with Crippen LogP contribution in [0, 0.1) is 0 Å². The SMILES string of the molecule is CCSc1n[nH]c(NC(=O)CCCC(=O)c2ccccc2)n1. The van der Waals surface area contributed by atoms with Gasteiger partial charge >= 0.3 is 0 Å². The zero-order chi connectivity index (χ0) is 15.8. The van der Waals surface area contributed by atoms with Gasteiger partial charge in [-0.1, -0.05) is 49.0 Å². The number of carbonyl (C=O) groups is 2. The summed E-state index contributed by atoms with van der Waals surface area (Å²) in [5, 5.41) is 9.88. The lowest BCUT2D eigenvalue weighted by atomic mass is 10.1. The number of rotatable bonds is 8. The van der Waals surface area contributed by atoms with Crippen molar-refractivity contribution in [3.05, 3.63) is 35.9 Å². The Hall–Kier alpha value is -2.15. The molecule has 2 rings (SSSR count). The first kappa shape index (κ1) is 16.2. The minimum Gasteiger partial charge on any atom is -0.295 e. The molecule has 2 N–H and O–H groups in total. The molecular formula is C15H18N4O2S. The zero-order valence-electron chi connectivity index (χ0n) is 12.3. The predicted molar refractivity (Wildman–Crippen MR) is 86.0 cm³/mol. The Balaban J connectivity index is 1.72. The number of thioether (sulfide) groups is 1. The van der Waals surface area contributed by atoms with E-state index in [1.807, 2.05) is 25.1 Å². The van der Waals surface area contributed by atoms with E-state index in [1.165, 1.54) is 11.8 Å². The first-order valence-electron chi connectivity index (χ1n) is 7.12. The summed E-state index contributed by atoms with van der Waals surface area (Å²) in [7, 11) is 0. The molecule has 1 amide bonds. The van der Waals surface area contributed by atoms with E-state index in [2.05, 4.69) is 20.5 Å². The standard InChI is InChI=1S/C15H18N4O2S/c1-2-22-15-17-14(18-19-15)16-13(21)10-6-9-12(20)11-7-4-3-5-8-11/h3-5,7-8H,2,6,9-10H2,1H3,(H2,16,17,18,19,21). The van der Waals surface area contributed by atoms with Crippen LogP contribution >= 0.6 is 11.8 Å². The lowest BCUT2D eigenvalue weighted by Crippen LogP contribution is -2.13. The van der Waals surface area contributed by atoms with Gasteiger partial charge in [-0.2, -0.15) is 4.98 Å². The quantitative estimate of drug-likeness (QED) is 0.577. The molecule has 0 fully saturated rings. The van der Waals surface area contributed by atoms with Crippen molar-refractivity contribution < 1.29 is 9.59 Å². The van der Waals surface area contributed by atoms with Crippen molar-refractivity contribution in [1.82, 2.24) is 15.2 Å². The third kappa shape index (κ3) is 5.00. The van der Waals surface area contributed by atoms with Crippen molar-refractivity contribution in [1.29, 1.82) is 0 Å². The van der Waals surface area contributed by atoms with E-state index in [1.54, 1.807) is 12.1 Å². The fourth-order valence-electron chi connectivity index (χ4n) is 1.87. The molecule has 0 atom stereocenters. The second-order valence-electron chi connectivity index (χ2n) is 4.59. The molecule has 0 saturated carbocycles. The first-order valence-corrected chi connectivity index (χ1v) is 8.11. The van der Waals surface area contributed by atoms with Crippen molar-refractivity contribution in [2.24, 2.45) is 0 Å². The van der Waals surface area contributed by atoms with Crippen LogP contribution in [0.2, 0.25) is 0 Å². The van der Waals surface area contributed by atoms with E-state index in [9.17, 15) is 9.59 Å². The van der Waals surface area contributed by atoms with Gasteiger partial charge in [-0.25, -0.2) is 5.10 Å². The average Bonchev–Trinajstić information content (AvgIpc) is 2.95. The third-order valence-corrected chi connectivity index (χ3v) is 3.63. The van der Waals surface area contributed by atoms with E-state index in [0.29, 0.717) is 29.5 Å². The molecule has 0 aliphatic rings. The number of Topliss-reactive ketones (excluding diaryl/α,β-unsaturated/α-hetero) is 1. The van der Waals surface area contributed by atoms with Gasteiger partial charge in [0.05, 0.1) is 0 Å². The van der Waals surface area contributed by atoms with Crippen molar-refractivity contribution in [2.45, 2.75) is 31.3 Å². The number of aromatic nitrogens is 3. The number of ketones is 1. The molecule has 1 aromatic carbocycles. The summed E-state index contributed by atoms with van der Waals surface area (Å²) in [6.07, 6.45) is 1.13. The van der Waals surface area contributed by atoms with Gasteiger partial charge in [-0.3, -0.25) is 14.9 Å². The van der Waals surface area contributed by atoms with Crippen LogP contribution in [-0.2, 0) is 4.79 Å².